The first kappa shape index (κ1) is 13.4. The third-order valence-corrected chi connectivity index (χ3v) is 3.74. The molecule has 2 aromatic carbocycles. The minimum absolute atomic E-state index is 0.210. The van der Waals surface area contributed by atoms with Crippen molar-refractivity contribution in [3.05, 3.63) is 56.1 Å². The van der Waals surface area contributed by atoms with Crippen molar-refractivity contribution >= 4 is 55.8 Å². The third kappa shape index (κ3) is 3.02. The lowest BCUT2D eigenvalue weighted by Crippen LogP contribution is -2.14. The lowest BCUT2D eigenvalue weighted by molar-refractivity contribution is 0.102. The molecule has 3 nitrogen and oxygen atoms in total. The monoisotopic (exact) mass is 416 g/mol. The normalized spacial score (nSPS) is 10.1. The van der Waals surface area contributed by atoms with Crippen molar-refractivity contribution in [1.82, 2.24) is 0 Å². The molecule has 0 spiro atoms. The highest BCUT2D eigenvalue weighted by molar-refractivity contribution is 14.1. The lowest BCUT2D eigenvalue weighted by atomic mass is 10.1. The molecular weight excluding hydrogens is 407 g/mol. The number of rotatable bonds is 2. The minimum atomic E-state index is -0.210. The predicted molar refractivity (Wildman–Crippen MR) is 85.7 cm³/mol. The van der Waals surface area contributed by atoms with E-state index in [1.807, 2.05) is 30.3 Å². The van der Waals surface area contributed by atoms with Gasteiger partial charge in [-0.1, -0.05) is 12.1 Å². The van der Waals surface area contributed by atoms with Gasteiger partial charge in [0.15, 0.2) is 0 Å². The SMILES string of the molecule is Nc1ccc(I)cc1C(=O)Nc1ccccc1Br. The van der Waals surface area contributed by atoms with Crippen LogP contribution >= 0.6 is 38.5 Å². The van der Waals surface area contributed by atoms with Crippen LogP contribution in [-0.2, 0) is 0 Å². The van der Waals surface area contributed by atoms with Crippen LogP contribution in [0.5, 0.6) is 0 Å². The number of nitrogen functional groups attached to an aromatic ring is 1. The Bertz CT molecular complexity index is 601. The zero-order chi connectivity index (χ0) is 13.1. The largest absolute Gasteiger partial charge is 0.398 e. The van der Waals surface area contributed by atoms with Gasteiger partial charge in [0.25, 0.3) is 5.91 Å². The van der Waals surface area contributed by atoms with E-state index in [9.17, 15) is 4.79 Å². The van der Waals surface area contributed by atoms with Gasteiger partial charge in [-0.05, 0) is 68.9 Å². The molecule has 5 heteroatoms. The number of nitrogens with one attached hydrogen (secondary N) is 1. The molecule has 3 N–H and O–H groups in total. The summed E-state index contributed by atoms with van der Waals surface area (Å²) < 4.78 is 1.81. The van der Waals surface area contributed by atoms with Crippen molar-refractivity contribution < 1.29 is 4.79 Å². The molecule has 2 rings (SSSR count). The standard InChI is InChI=1S/C13H10BrIN2O/c14-10-3-1-2-4-12(10)17-13(18)9-7-8(15)5-6-11(9)16/h1-7H,16H2,(H,17,18). The molecule has 0 aliphatic rings. The molecule has 18 heavy (non-hydrogen) atoms. The van der Waals surface area contributed by atoms with Crippen LogP contribution < -0.4 is 11.1 Å². The van der Waals surface area contributed by atoms with Gasteiger partial charge in [-0.25, -0.2) is 0 Å². The van der Waals surface area contributed by atoms with Gasteiger partial charge in [-0.3, -0.25) is 4.79 Å². The van der Waals surface area contributed by atoms with E-state index >= 15 is 0 Å². The Morgan fingerprint density at radius 1 is 1.22 bits per heavy atom. The van der Waals surface area contributed by atoms with Crippen LogP contribution in [0.4, 0.5) is 11.4 Å². The summed E-state index contributed by atoms with van der Waals surface area (Å²) in [6, 6.07) is 12.8. The van der Waals surface area contributed by atoms with Crippen LogP contribution in [0.2, 0.25) is 0 Å². The fourth-order valence-corrected chi connectivity index (χ4v) is 2.35. The number of anilines is 2. The molecule has 2 aromatic rings. The number of benzene rings is 2. The zero-order valence-corrected chi connectivity index (χ0v) is 13.0. The Hall–Kier alpha value is -1.08. The fraction of sp³-hybridized carbons (Fsp3) is 0. The lowest BCUT2D eigenvalue weighted by Gasteiger charge is -2.09. The molecular formula is C13H10BrIN2O. The number of halogens is 2. The summed E-state index contributed by atoms with van der Waals surface area (Å²) >= 11 is 5.53. The van der Waals surface area contributed by atoms with Crippen LogP contribution in [0.3, 0.4) is 0 Å². The second kappa shape index (κ2) is 5.71. The van der Waals surface area contributed by atoms with E-state index < -0.39 is 0 Å². The number of hydrogen-bond acceptors (Lipinski definition) is 2. The number of amides is 1. The van der Waals surface area contributed by atoms with Crippen LogP contribution in [0.25, 0.3) is 0 Å². The molecule has 0 unspecified atom stereocenters. The van der Waals surface area contributed by atoms with E-state index in [2.05, 4.69) is 43.8 Å². The van der Waals surface area contributed by atoms with Crippen molar-refractivity contribution in [2.24, 2.45) is 0 Å². The Labute approximate surface area is 127 Å². The molecule has 0 fully saturated rings. The number of carbonyl (C=O) groups excluding carboxylic acids is 1. The van der Waals surface area contributed by atoms with Crippen molar-refractivity contribution in [2.75, 3.05) is 11.1 Å². The summed E-state index contributed by atoms with van der Waals surface area (Å²) in [5.74, 6) is -0.210. The Morgan fingerprint density at radius 3 is 2.67 bits per heavy atom. The van der Waals surface area contributed by atoms with Gasteiger partial charge in [0.05, 0.1) is 11.3 Å². The van der Waals surface area contributed by atoms with E-state index in [4.69, 9.17) is 5.73 Å². The molecule has 92 valence electrons. The maximum atomic E-state index is 12.1. The quantitative estimate of drug-likeness (QED) is 0.576. The average molecular weight is 417 g/mol. The molecule has 0 aliphatic heterocycles. The van der Waals surface area contributed by atoms with Crippen LogP contribution in [-0.4, -0.2) is 5.91 Å². The highest BCUT2D eigenvalue weighted by atomic mass is 127. The number of hydrogen-bond donors (Lipinski definition) is 2. The Kier molecular flexibility index (Phi) is 4.23. The predicted octanol–water partition coefficient (Wildman–Crippen LogP) is 3.89. The number of carbonyl (C=O) groups is 1. The second-order valence-corrected chi connectivity index (χ2v) is 5.77. The van der Waals surface area contributed by atoms with Gasteiger partial charge in [-0.15, -0.1) is 0 Å². The summed E-state index contributed by atoms with van der Waals surface area (Å²) in [5, 5.41) is 2.83. The highest BCUT2D eigenvalue weighted by Crippen LogP contribution is 2.23. The average Bonchev–Trinajstić information content (AvgIpc) is 2.35. The highest BCUT2D eigenvalue weighted by Gasteiger charge is 2.11. The third-order valence-electron chi connectivity index (χ3n) is 2.38. The van der Waals surface area contributed by atoms with Gasteiger partial charge in [0.2, 0.25) is 0 Å². The molecule has 0 aromatic heterocycles. The summed E-state index contributed by atoms with van der Waals surface area (Å²) in [7, 11) is 0. The van der Waals surface area contributed by atoms with Crippen molar-refractivity contribution in [1.29, 1.82) is 0 Å². The first-order valence-corrected chi connectivity index (χ1v) is 7.06. The summed E-state index contributed by atoms with van der Waals surface area (Å²) in [5.41, 5.74) is 7.49. The van der Waals surface area contributed by atoms with E-state index in [0.717, 1.165) is 13.7 Å². The molecule has 0 aliphatic carbocycles. The van der Waals surface area contributed by atoms with Crippen LogP contribution in [0, 0.1) is 3.57 Å². The smallest absolute Gasteiger partial charge is 0.257 e. The van der Waals surface area contributed by atoms with Crippen LogP contribution in [0.1, 0.15) is 10.4 Å². The summed E-state index contributed by atoms with van der Waals surface area (Å²) in [6.45, 7) is 0. The van der Waals surface area contributed by atoms with E-state index in [0.29, 0.717) is 11.3 Å². The van der Waals surface area contributed by atoms with Crippen molar-refractivity contribution in [2.45, 2.75) is 0 Å². The first-order valence-electron chi connectivity index (χ1n) is 5.19. The second-order valence-electron chi connectivity index (χ2n) is 3.67. The fourth-order valence-electron chi connectivity index (χ4n) is 1.48. The van der Waals surface area contributed by atoms with Crippen molar-refractivity contribution in [3.63, 3.8) is 0 Å². The van der Waals surface area contributed by atoms with Gasteiger partial charge >= 0.3 is 0 Å². The Morgan fingerprint density at radius 2 is 1.94 bits per heavy atom. The molecule has 0 heterocycles. The topological polar surface area (TPSA) is 55.1 Å². The van der Waals surface area contributed by atoms with Gasteiger partial charge in [0.1, 0.15) is 0 Å². The first-order chi connectivity index (χ1) is 8.58. The molecule has 0 saturated heterocycles. The molecule has 0 bridgehead atoms. The maximum Gasteiger partial charge on any atom is 0.257 e. The van der Waals surface area contributed by atoms with Crippen LogP contribution in [0.15, 0.2) is 46.9 Å². The summed E-state index contributed by atoms with van der Waals surface area (Å²) in [6.07, 6.45) is 0. The molecule has 0 saturated carbocycles. The molecule has 0 atom stereocenters. The minimum Gasteiger partial charge on any atom is -0.398 e. The number of para-hydroxylation sites is 1. The maximum absolute atomic E-state index is 12.1. The summed E-state index contributed by atoms with van der Waals surface area (Å²) in [4.78, 5) is 12.1. The van der Waals surface area contributed by atoms with Gasteiger partial charge in [0, 0.05) is 13.7 Å². The van der Waals surface area contributed by atoms with Gasteiger partial charge < -0.3 is 11.1 Å². The molecule has 1 amide bonds. The van der Waals surface area contributed by atoms with Crippen molar-refractivity contribution in [3.8, 4) is 0 Å². The van der Waals surface area contributed by atoms with E-state index in [-0.39, 0.29) is 5.91 Å². The Balaban J connectivity index is 2.28. The van der Waals surface area contributed by atoms with Gasteiger partial charge in [-0.2, -0.15) is 0 Å². The molecule has 0 radical (unpaired) electrons. The number of nitrogens with two attached hydrogens (primary N) is 1. The zero-order valence-electron chi connectivity index (χ0n) is 9.28. The van der Waals surface area contributed by atoms with E-state index in [1.165, 1.54) is 0 Å². The van der Waals surface area contributed by atoms with E-state index in [1.54, 1.807) is 12.1 Å².